The molecule has 0 atom stereocenters. The van der Waals surface area contributed by atoms with Crippen molar-refractivity contribution < 1.29 is 13.9 Å². The van der Waals surface area contributed by atoms with E-state index in [0.29, 0.717) is 12.1 Å². The van der Waals surface area contributed by atoms with E-state index in [-0.39, 0.29) is 6.54 Å². The predicted octanol–water partition coefficient (Wildman–Crippen LogP) is 1.97. The molecule has 16 heavy (non-hydrogen) atoms. The summed E-state index contributed by atoms with van der Waals surface area (Å²) in [6.45, 7) is 0.675. The van der Waals surface area contributed by atoms with Crippen LogP contribution in [0, 0.1) is 11.6 Å². The molecule has 0 unspecified atom stereocenters. The number of hydrogen-bond acceptors (Lipinski definition) is 2. The maximum absolute atomic E-state index is 13.2. The van der Waals surface area contributed by atoms with Crippen molar-refractivity contribution in [3.63, 3.8) is 0 Å². The molecular formula is C12H15F2NO. The molecule has 0 radical (unpaired) electrons. The number of aliphatic hydroxyl groups is 1. The van der Waals surface area contributed by atoms with Crippen molar-refractivity contribution in [3.8, 4) is 0 Å². The van der Waals surface area contributed by atoms with Crippen molar-refractivity contribution in [1.29, 1.82) is 0 Å². The van der Waals surface area contributed by atoms with Gasteiger partial charge in [0.15, 0.2) is 11.6 Å². The largest absolute Gasteiger partial charge is 0.389 e. The van der Waals surface area contributed by atoms with E-state index >= 15 is 0 Å². The second-order valence-electron chi connectivity index (χ2n) is 4.39. The molecule has 0 aromatic heterocycles. The topological polar surface area (TPSA) is 32.3 Å². The molecule has 0 amide bonds. The molecule has 4 heteroatoms. The second kappa shape index (κ2) is 4.47. The Kier molecular flexibility index (Phi) is 3.21. The van der Waals surface area contributed by atoms with Gasteiger partial charge < -0.3 is 10.4 Å². The number of nitrogens with one attached hydrogen (secondary N) is 1. The molecule has 0 aliphatic heterocycles. The van der Waals surface area contributed by atoms with E-state index in [9.17, 15) is 13.9 Å². The van der Waals surface area contributed by atoms with Crippen LogP contribution in [0.1, 0.15) is 24.8 Å². The molecule has 0 heterocycles. The Morgan fingerprint density at radius 2 is 2.06 bits per heavy atom. The molecule has 2 nitrogen and oxygen atoms in total. The van der Waals surface area contributed by atoms with Gasteiger partial charge in [0.25, 0.3) is 0 Å². The highest BCUT2D eigenvalue weighted by molar-refractivity contribution is 5.18. The standard InChI is InChI=1S/C12H15F2NO/c13-10-4-1-3-9(11(10)14)7-15-8-12(16)5-2-6-12/h1,3-4,15-16H,2,5-8H2. The third-order valence-corrected chi connectivity index (χ3v) is 3.09. The molecular weight excluding hydrogens is 212 g/mol. The predicted molar refractivity (Wildman–Crippen MR) is 56.9 cm³/mol. The monoisotopic (exact) mass is 227 g/mol. The third-order valence-electron chi connectivity index (χ3n) is 3.09. The smallest absolute Gasteiger partial charge is 0.163 e. The van der Waals surface area contributed by atoms with E-state index in [1.165, 1.54) is 12.1 Å². The first kappa shape index (κ1) is 11.5. The van der Waals surface area contributed by atoms with Gasteiger partial charge in [0.05, 0.1) is 5.60 Å². The Hall–Kier alpha value is -1.00. The van der Waals surface area contributed by atoms with Crippen molar-refractivity contribution in [2.75, 3.05) is 6.54 Å². The minimum atomic E-state index is -0.832. The van der Waals surface area contributed by atoms with Gasteiger partial charge in [0, 0.05) is 18.7 Å². The van der Waals surface area contributed by atoms with E-state index in [2.05, 4.69) is 5.32 Å². The summed E-state index contributed by atoms with van der Waals surface area (Å²) in [6.07, 6.45) is 2.60. The number of rotatable bonds is 4. The van der Waals surface area contributed by atoms with Gasteiger partial charge in [0.1, 0.15) is 0 Å². The maximum atomic E-state index is 13.2. The SMILES string of the molecule is OC1(CNCc2cccc(F)c2F)CCC1. The highest BCUT2D eigenvalue weighted by atomic mass is 19.2. The molecule has 0 spiro atoms. The van der Waals surface area contributed by atoms with Crippen LogP contribution >= 0.6 is 0 Å². The minimum absolute atomic E-state index is 0.242. The van der Waals surface area contributed by atoms with E-state index in [4.69, 9.17) is 0 Å². The first-order chi connectivity index (χ1) is 7.61. The molecule has 0 bridgehead atoms. The van der Waals surface area contributed by atoms with Gasteiger partial charge in [-0.3, -0.25) is 0 Å². The maximum Gasteiger partial charge on any atom is 0.163 e. The van der Waals surface area contributed by atoms with E-state index in [1.807, 2.05) is 0 Å². The molecule has 1 fully saturated rings. The van der Waals surface area contributed by atoms with Gasteiger partial charge in [-0.05, 0) is 25.3 Å². The van der Waals surface area contributed by atoms with Gasteiger partial charge in [-0.25, -0.2) is 8.78 Å². The molecule has 1 aliphatic rings. The highest BCUT2D eigenvalue weighted by Crippen LogP contribution is 2.30. The number of halogens is 2. The Morgan fingerprint density at radius 3 is 2.69 bits per heavy atom. The van der Waals surface area contributed by atoms with Crippen molar-refractivity contribution in [1.82, 2.24) is 5.32 Å². The lowest BCUT2D eigenvalue weighted by atomic mass is 9.80. The van der Waals surface area contributed by atoms with Crippen molar-refractivity contribution in [2.24, 2.45) is 0 Å². The Labute approximate surface area is 93.3 Å². The molecule has 2 N–H and O–H groups in total. The second-order valence-corrected chi connectivity index (χ2v) is 4.39. The summed E-state index contributed by atoms with van der Waals surface area (Å²) in [6, 6.07) is 4.11. The van der Waals surface area contributed by atoms with Crippen molar-refractivity contribution in [3.05, 3.63) is 35.4 Å². The molecule has 1 aliphatic carbocycles. The van der Waals surface area contributed by atoms with Crippen LogP contribution in [0.25, 0.3) is 0 Å². The number of benzene rings is 1. The lowest BCUT2D eigenvalue weighted by Gasteiger charge is -2.36. The van der Waals surface area contributed by atoms with Crippen LogP contribution in [0.5, 0.6) is 0 Å². The Balaban J connectivity index is 1.87. The van der Waals surface area contributed by atoms with Crippen LogP contribution < -0.4 is 5.32 Å². The van der Waals surface area contributed by atoms with Crippen molar-refractivity contribution >= 4 is 0 Å². The molecule has 2 rings (SSSR count). The van der Waals surface area contributed by atoms with Crippen LogP contribution in [0.2, 0.25) is 0 Å². The fourth-order valence-corrected chi connectivity index (χ4v) is 1.88. The Morgan fingerprint density at radius 1 is 1.31 bits per heavy atom. The zero-order valence-electron chi connectivity index (χ0n) is 8.97. The summed E-state index contributed by atoms with van der Waals surface area (Å²) < 4.78 is 26.1. The summed E-state index contributed by atoms with van der Waals surface area (Å²) in [5, 5.41) is 12.7. The van der Waals surface area contributed by atoms with Gasteiger partial charge in [-0.1, -0.05) is 12.1 Å². The fourth-order valence-electron chi connectivity index (χ4n) is 1.88. The minimum Gasteiger partial charge on any atom is -0.389 e. The van der Waals surface area contributed by atoms with Gasteiger partial charge in [-0.15, -0.1) is 0 Å². The average Bonchev–Trinajstić information content (AvgIpc) is 2.22. The summed E-state index contributed by atoms with van der Waals surface area (Å²) in [4.78, 5) is 0. The summed E-state index contributed by atoms with van der Waals surface area (Å²) in [7, 11) is 0. The molecule has 1 saturated carbocycles. The normalized spacial score (nSPS) is 18.2. The third kappa shape index (κ3) is 2.39. The highest BCUT2D eigenvalue weighted by Gasteiger charge is 2.33. The lowest BCUT2D eigenvalue weighted by molar-refractivity contribution is -0.0315. The summed E-state index contributed by atoms with van der Waals surface area (Å²) in [5.74, 6) is -1.64. The zero-order chi connectivity index (χ0) is 11.6. The molecule has 88 valence electrons. The average molecular weight is 227 g/mol. The van der Waals surface area contributed by atoms with E-state index in [0.717, 1.165) is 25.3 Å². The molecule has 0 saturated heterocycles. The van der Waals surface area contributed by atoms with Crippen LogP contribution in [0.3, 0.4) is 0 Å². The first-order valence-corrected chi connectivity index (χ1v) is 5.47. The van der Waals surface area contributed by atoms with Gasteiger partial charge in [-0.2, -0.15) is 0 Å². The molecule has 1 aromatic carbocycles. The Bertz CT molecular complexity index is 377. The quantitative estimate of drug-likeness (QED) is 0.824. The first-order valence-electron chi connectivity index (χ1n) is 5.47. The summed E-state index contributed by atoms with van der Waals surface area (Å²) in [5.41, 5.74) is -0.341. The van der Waals surface area contributed by atoms with Crippen LogP contribution in [0.15, 0.2) is 18.2 Å². The van der Waals surface area contributed by atoms with Crippen molar-refractivity contribution in [2.45, 2.75) is 31.4 Å². The number of hydrogen-bond donors (Lipinski definition) is 2. The van der Waals surface area contributed by atoms with Crippen LogP contribution in [0.4, 0.5) is 8.78 Å². The van der Waals surface area contributed by atoms with Crippen LogP contribution in [-0.4, -0.2) is 17.3 Å². The van der Waals surface area contributed by atoms with E-state index in [1.54, 1.807) is 0 Å². The fraction of sp³-hybridized carbons (Fsp3) is 0.500. The van der Waals surface area contributed by atoms with Gasteiger partial charge in [0.2, 0.25) is 0 Å². The van der Waals surface area contributed by atoms with Gasteiger partial charge >= 0.3 is 0 Å². The lowest BCUT2D eigenvalue weighted by Crippen LogP contribution is -2.46. The van der Waals surface area contributed by atoms with E-state index < -0.39 is 17.2 Å². The summed E-state index contributed by atoms with van der Waals surface area (Å²) >= 11 is 0. The van der Waals surface area contributed by atoms with Crippen LogP contribution in [-0.2, 0) is 6.54 Å². The zero-order valence-corrected chi connectivity index (χ0v) is 8.97. The molecule has 1 aromatic rings.